The van der Waals surface area contributed by atoms with E-state index in [0.29, 0.717) is 24.5 Å². The van der Waals surface area contributed by atoms with E-state index in [1.165, 1.54) is 0 Å². The summed E-state index contributed by atoms with van der Waals surface area (Å²) < 4.78 is 5.54. The van der Waals surface area contributed by atoms with Crippen molar-refractivity contribution >= 4 is 16.7 Å². The van der Waals surface area contributed by atoms with Gasteiger partial charge in [0.25, 0.3) is 5.91 Å². The van der Waals surface area contributed by atoms with Crippen LogP contribution in [0.1, 0.15) is 10.4 Å². The number of nitrogens with one attached hydrogen (secondary N) is 1. The Balaban J connectivity index is 2.35. The number of carbonyl (C=O) groups excluding carboxylic acids is 1. The Kier molecular flexibility index (Phi) is 2.03. The van der Waals surface area contributed by atoms with Crippen molar-refractivity contribution in [1.29, 1.82) is 0 Å². The van der Waals surface area contributed by atoms with Gasteiger partial charge in [-0.25, -0.2) is 0 Å². The van der Waals surface area contributed by atoms with E-state index >= 15 is 0 Å². The van der Waals surface area contributed by atoms with Crippen molar-refractivity contribution in [1.82, 2.24) is 5.32 Å². The molecule has 1 amide bonds. The molecule has 1 aliphatic heterocycles. The summed E-state index contributed by atoms with van der Waals surface area (Å²) in [6, 6.07) is 11.7. The first-order valence-electron chi connectivity index (χ1n) is 5.29. The SMILES string of the molecule is O=C1NCCOc2ccc3ccccc3c21. The van der Waals surface area contributed by atoms with E-state index in [1.54, 1.807) is 0 Å². The molecule has 16 heavy (non-hydrogen) atoms. The molecule has 3 rings (SSSR count). The van der Waals surface area contributed by atoms with E-state index in [2.05, 4.69) is 5.32 Å². The van der Waals surface area contributed by atoms with Crippen LogP contribution in [-0.4, -0.2) is 19.1 Å². The van der Waals surface area contributed by atoms with E-state index < -0.39 is 0 Å². The predicted octanol–water partition coefficient (Wildman–Crippen LogP) is 1.96. The van der Waals surface area contributed by atoms with Crippen LogP contribution in [0.15, 0.2) is 36.4 Å². The standard InChI is InChI=1S/C13H11NO2/c15-13-12-10-4-2-1-3-9(10)5-6-11(12)16-8-7-14-13/h1-6H,7-8H2,(H,14,15). The molecule has 0 spiro atoms. The maximum atomic E-state index is 11.9. The molecule has 1 aliphatic rings. The molecule has 0 aliphatic carbocycles. The lowest BCUT2D eigenvalue weighted by Crippen LogP contribution is -2.24. The van der Waals surface area contributed by atoms with Crippen LogP contribution in [0.3, 0.4) is 0 Å². The summed E-state index contributed by atoms with van der Waals surface area (Å²) in [6.45, 7) is 1.08. The molecule has 0 atom stereocenters. The molecule has 0 bridgehead atoms. The van der Waals surface area contributed by atoms with Gasteiger partial charge in [0.2, 0.25) is 0 Å². The normalized spacial score (nSPS) is 14.9. The van der Waals surface area contributed by atoms with Crippen LogP contribution in [0.25, 0.3) is 10.8 Å². The van der Waals surface area contributed by atoms with Crippen LogP contribution < -0.4 is 10.1 Å². The van der Waals surface area contributed by atoms with Gasteiger partial charge >= 0.3 is 0 Å². The molecule has 2 aromatic carbocycles. The third kappa shape index (κ3) is 1.33. The van der Waals surface area contributed by atoms with Crippen molar-refractivity contribution in [2.24, 2.45) is 0 Å². The Hall–Kier alpha value is -2.03. The lowest BCUT2D eigenvalue weighted by molar-refractivity contribution is 0.0958. The number of amides is 1. The van der Waals surface area contributed by atoms with Crippen LogP contribution in [-0.2, 0) is 0 Å². The fraction of sp³-hybridized carbons (Fsp3) is 0.154. The molecular formula is C13H11NO2. The Labute approximate surface area is 93.0 Å². The molecule has 0 radical (unpaired) electrons. The fourth-order valence-corrected chi connectivity index (χ4v) is 2.02. The number of hydrogen-bond acceptors (Lipinski definition) is 2. The molecule has 1 heterocycles. The Bertz CT molecular complexity index is 563. The number of hydrogen-bond donors (Lipinski definition) is 1. The molecule has 0 fully saturated rings. The van der Waals surface area contributed by atoms with Crippen molar-refractivity contribution in [3.8, 4) is 5.75 Å². The largest absolute Gasteiger partial charge is 0.491 e. The maximum absolute atomic E-state index is 11.9. The number of rotatable bonds is 0. The highest BCUT2D eigenvalue weighted by Crippen LogP contribution is 2.28. The number of ether oxygens (including phenoxy) is 1. The minimum absolute atomic E-state index is 0.0516. The van der Waals surface area contributed by atoms with Gasteiger partial charge in [-0.05, 0) is 16.8 Å². The first kappa shape index (κ1) is 9.21. The molecule has 0 unspecified atom stereocenters. The van der Waals surface area contributed by atoms with Crippen molar-refractivity contribution in [2.75, 3.05) is 13.2 Å². The molecule has 0 aromatic heterocycles. The zero-order valence-corrected chi connectivity index (χ0v) is 8.69. The zero-order valence-electron chi connectivity index (χ0n) is 8.69. The average molecular weight is 213 g/mol. The highest BCUT2D eigenvalue weighted by Gasteiger charge is 2.18. The van der Waals surface area contributed by atoms with Crippen LogP contribution in [0.4, 0.5) is 0 Å². The molecule has 3 nitrogen and oxygen atoms in total. The van der Waals surface area contributed by atoms with E-state index in [1.807, 2.05) is 36.4 Å². The van der Waals surface area contributed by atoms with Crippen molar-refractivity contribution < 1.29 is 9.53 Å². The average Bonchev–Trinajstić information content (AvgIpc) is 2.51. The quantitative estimate of drug-likeness (QED) is 0.726. The molecular weight excluding hydrogens is 202 g/mol. The topological polar surface area (TPSA) is 38.3 Å². The maximum Gasteiger partial charge on any atom is 0.255 e. The summed E-state index contributed by atoms with van der Waals surface area (Å²) in [7, 11) is 0. The molecule has 3 heteroatoms. The molecule has 80 valence electrons. The van der Waals surface area contributed by atoms with Gasteiger partial charge in [0.05, 0.1) is 12.1 Å². The van der Waals surface area contributed by atoms with Crippen molar-refractivity contribution in [2.45, 2.75) is 0 Å². The van der Waals surface area contributed by atoms with Crippen molar-refractivity contribution in [3.05, 3.63) is 42.0 Å². The van der Waals surface area contributed by atoms with Crippen LogP contribution in [0.5, 0.6) is 5.75 Å². The van der Waals surface area contributed by atoms with Gasteiger partial charge in [0, 0.05) is 0 Å². The smallest absolute Gasteiger partial charge is 0.255 e. The van der Waals surface area contributed by atoms with Gasteiger partial charge in [-0.2, -0.15) is 0 Å². The van der Waals surface area contributed by atoms with Crippen LogP contribution in [0.2, 0.25) is 0 Å². The fourth-order valence-electron chi connectivity index (χ4n) is 2.02. The summed E-state index contributed by atoms with van der Waals surface area (Å²) in [5.41, 5.74) is 0.649. The second-order valence-corrected chi connectivity index (χ2v) is 3.76. The summed E-state index contributed by atoms with van der Waals surface area (Å²) >= 11 is 0. The van der Waals surface area contributed by atoms with Gasteiger partial charge in [-0.1, -0.05) is 30.3 Å². The summed E-state index contributed by atoms with van der Waals surface area (Å²) in [5.74, 6) is 0.623. The zero-order chi connectivity index (χ0) is 11.0. The van der Waals surface area contributed by atoms with Crippen molar-refractivity contribution in [3.63, 3.8) is 0 Å². The summed E-state index contributed by atoms with van der Waals surface area (Å²) in [6.07, 6.45) is 0. The van der Waals surface area contributed by atoms with Gasteiger partial charge in [0.1, 0.15) is 12.4 Å². The highest BCUT2D eigenvalue weighted by atomic mass is 16.5. The predicted molar refractivity (Wildman–Crippen MR) is 61.8 cm³/mol. The van der Waals surface area contributed by atoms with Gasteiger partial charge < -0.3 is 10.1 Å². The highest BCUT2D eigenvalue weighted by molar-refractivity contribution is 6.09. The molecule has 0 saturated heterocycles. The first-order valence-corrected chi connectivity index (χ1v) is 5.29. The third-order valence-electron chi connectivity index (χ3n) is 2.76. The Morgan fingerprint density at radius 2 is 2.00 bits per heavy atom. The van der Waals surface area contributed by atoms with E-state index in [0.717, 1.165) is 10.8 Å². The second-order valence-electron chi connectivity index (χ2n) is 3.76. The minimum atomic E-state index is -0.0516. The van der Waals surface area contributed by atoms with E-state index in [4.69, 9.17) is 4.74 Å². The third-order valence-corrected chi connectivity index (χ3v) is 2.76. The lowest BCUT2D eigenvalue weighted by atomic mass is 10.0. The number of benzene rings is 2. The van der Waals surface area contributed by atoms with Gasteiger partial charge in [0.15, 0.2) is 0 Å². The first-order chi connectivity index (χ1) is 7.86. The van der Waals surface area contributed by atoms with Gasteiger partial charge in [-0.3, -0.25) is 4.79 Å². The Morgan fingerprint density at radius 1 is 1.12 bits per heavy atom. The van der Waals surface area contributed by atoms with E-state index in [-0.39, 0.29) is 5.91 Å². The molecule has 0 saturated carbocycles. The summed E-state index contributed by atoms with van der Waals surface area (Å²) in [5, 5.41) is 4.83. The Morgan fingerprint density at radius 3 is 2.94 bits per heavy atom. The number of fused-ring (bicyclic) bond motifs is 3. The molecule has 2 aromatic rings. The van der Waals surface area contributed by atoms with Crippen LogP contribution in [0, 0.1) is 0 Å². The monoisotopic (exact) mass is 213 g/mol. The molecule has 1 N–H and O–H groups in total. The van der Waals surface area contributed by atoms with Gasteiger partial charge in [-0.15, -0.1) is 0 Å². The summed E-state index contributed by atoms with van der Waals surface area (Å²) in [4.78, 5) is 11.9. The van der Waals surface area contributed by atoms with Crippen LogP contribution >= 0.6 is 0 Å². The minimum Gasteiger partial charge on any atom is -0.491 e. The number of carbonyl (C=O) groups is 1. The second kappa shape index (κ2) is 3.52. The lowest BCUT2D eigenvalue weighted by Gasteiger charge is -2.08. The van der Waals surface area contributed by atoms with E-state index in [9.17, 15) is 4.79 Å².